The number of anilines is 1. The number of nitrogens with zero attached hydrogens (tertiary/aromatic N) is 4. The molecule has 0 radical (unpaired) electrons. The van der Waals surface area contributed by atoms with Crippen molar-refractivity contribution in [1.82, 2.24) is 19.3 Å². The van der Waals surface area contributed by atoms with Crippen LogP contribution in [0.3, 0.4) is 0 Å². The van der Waals surface area contributed by atoms with Crippen molar-refractivity contribution in [2.24, 2.45) is 7.05 Å². The lowest BCUT2D eigenvalue weighted by Crippen LogP contribution is -2.16. The van der Waals surface area contributed by atoms with Gasteiger partial charge in [0.25, 0.3) is 5.91 Å². The Labute approximate surface area is 182 Å². The fraction of sp³-hybridized carbons (Fsp3) is 0.240. The zero-order valence-electron chi connectivity index (χ0n) is 18.6. The van der Waals surface area contributed by atoms with Crippen LogP contribution in [0.1, 0.15) is 38.3 Å². The van der Waals surface area contributed by atoms with Crippen LogP contribution in [0.4, 0.5) is 5.95 Å². The highest BCUT2D eigenvalue weighted by atomic mass is 16.1. The smallest absolute Gasteiger partial charge is 0.257 e. The van der Waals surface area contributed by atoms with E-state index in [9.17, 15) is 4.79 Å². The normalized spacial score (nSPS) is 11.0. The van der Waals surface area contributed by atoms with E-state index in [-0.39, 0.29) is 5.91 Å². The van der Waals surface area contributed by atoms with Crippen LogP contribution in [-0.4, -0.2) is 25.2 Å². The lowest BCUT2D eigenvalue weighted by atomic mass is 9.99. The molecule has 0 aliphatic heterocycles. The zero-order valence-corrected chi connectivity index (χ0v) is 18.6. The zero-order chi connectivity index (χ0) is 22.1. The van der Waals surface area contributed by atoms with Crippen LogP contribution in [-0.2, 0) is 13.6 Å². The molecular weight excluding hydrogens is 386 g/mol. The van der Waals surface area contributed by atoms with Crippen LogP contribution < -0.4 is 5.32 Å². The first kappa shape index (κ1) is 20.6. The molecule has 0 aliphatic carbocycles. The number of hydrogen-bond donors (Lipinski definition) is 1. The van der Waals surface area contributed by atoms with E-state index in [1.165, 1.54) is 16.7 Å². The summed E-state index contributed by atoms with van der Waals surface area (Å²) in [4.78, 5) is 17.4. The Morgan fingerprint density at radius 2 is 1.77 bits per heavy atom. The van der Waals surface area contributed by atoms with Crippen molar-refractivity contribution in [2.45, 2.75) is 34.2 Å². The number of hydrogen-bond acceptors (Lipinski definition) is 3. The third-order valence-electron chi connectivity index (χ3n) is 5.78. The van der Waals surface area contributed by atoms with Gasteiger partial charge in [-0.1, -0.05) is 18.2 Å². The van der Waals surface area contributed by atoms with Gasteiger partial charge in [-0.25, -0.2) is 4.98 Å². The topological polar surface area (TPSA) is 64.7 Å². The van der Waals surface area contributed by atoms with E-state index in [1.807, 2.05) is 59.7 Å². The van der Waals surface area contributed by atoms with Gasteiger partial charge in [0.2, 0.25) is 5.95 Å². The lowest BCUT2D eigenvalue weighted by Gasteiger charge is -2.12. The van der Waals surface area contributed by atoms with E-state index < -0.39 is 0 Å². The Kier molecular flexibility index (Phi) is 5.46. The van der Waals surface area contributed by atoms with E-state index in [0.29, 0.717) is 18.1 Å². The van der Waals surface area contributed by atoms with Crippen LogP contribution >= 0.6 is 0 Å². The SMILES string of the molecule is Cc1cc(C)c(-c2cnc(NC(=O)c3cccc(Cn4nccc4C)c3)n2C)cc1C. The maximum atomic E-state index is 12.9. The Bertz CT molecular complexity index is 1260. The molecule has 0 unspecified atom stereocenters. The van der Waals surface area contributed by atoms with Gasteiger partial charge in [0.1, 0.15) is 0 Å². The molecule has 0 saturated heterocycles. The second-order valence-electron chi connectivity index (χ2n) is 8.06. The van der Waals surface area contributed by atoms with Crippen molar-refractivity contribution in [3.8, 4) is 11.3 Å². The van der Waals surface area contributed by atoms with Gasteiger partial charge < -0.3 is 4.57 Å². The van der Waals surface area contributed by atoms with Crippen LogP contribution in [0.2, 0.25) is 0 Å². The van der Waals surface area contributed by atoms with Gasteiger partial charge in [-0.15, -0.1) is 0 Å². The molecule has 4 aromatic rings. The maximum Gasteiger partial charge on any atom is 0.257 e. The number of carbonyl (C=O) groups excluding carboxylic acids is 1. The largest absolute Gasteiger partial charge is 0.313 e. The summed E-state index contributed by atoms with van der Waals surface area (Å²) in [5.74, 6) is 0.335. The summed E-state index contributed by atoms with van der Waals surface area (Å²) >= 11 is 0. The third kappa shape index (κ3) is 4.14. The number of aryl methyl sites for hydroxylation is 4. The molecule has 2 aromatic heterocycles. The van der Waals surface area contributed by atoms with E-state index in [0.717, 1.165) is 22.5 Å². The summed E-state index contributed by atoms with van der Waals surface area (Å²) in [6.07, 6.45) is 3.59. The molecule has 0 saturated carbocycles. The fourth-order valence-corrected chi connectivity index (χ4v) is 3.73. The molecule has 2 heterocycles. The van der Waals surface area contributed by atoms with E-state index in [4.69, 9.17) is 0 Å². The van der Waals surface area contributed by atoms with Crippen molar-refractivity contribution >= 4 is 11.9 Å². The van der Waals surface area contributed by atoms with Gasteiger partial charge in [0.15, 0.2) is 0 Å². The summed E-state index contributed by atoms with van der Waals surface area (Å²) in [7, 11) is 1.92. The van der Waals surface area contributed by atoms with Gasteiger partial charge in [0.05, 0.1) is 18.4 Å². The number of nitrogens with one attached hydrogen (secondary N) is 1. The molecule has 0 atom stereocenters. The molecule has 1 amide bonds. The van der Waals surface area contributed by atoms with Crippen LogP contribution in [0.15, 0.2) is 54.9 Å². The number of benzene rings is 2. The molecule has 6 heteroatoms. The molecule has 0 spiro atoms. The van der Waals surface area contributed by atoms with Crippen LogP contribution in [0, 0.1) is 27.7 Å². The van der Waals surface area contributed by atoms with E-state index in [2.05, 4.69) is 48.3 Å². The predicted octanol–water partition coefficient (Wildman–Crippen LogP) is 4.82. The van der Waals surface area contributed by atoms with Gasteiger partial charge >= 0.3 is 0 Å². The van der Waals surface area contributed by atoms with Crippen LogP contribution in [0.25, 0.3) is 11.3 Å². The van der Waals surface area contributed by atoms with Crippen LogP contribution in [0.5, 0.6) is 0 Å². The third-order valence-corrected chi connectivity index (χ3v) is 5.78. The first-order valence-corrected chi connectivity index (χ1v) is 10.3. The Hall–Kier alpha value is -3.67. The Morgan fingerprint density at radius 1 is 1.00 bits per heavy atom. The van der Waals surface area contributed by atoms with Crippen molar-refractivity contribution in [3.05, 3.63) is 88.4 Å². The fourth-order valence-electron chi connectivity index (χ4n) is 3.73. The number of aromatic nitrogens is 4. The highest BCUT2D eigenvalue weighted by Crippen LogP contribution is 2.28. The van der Waals surface area contributed by atoms with Gasteiger partial charge in [-0.05, 0) is 74.2 Å². The number of imidazole rings is 1. The predicted molar refractivity (Wildman–Crippen MR) is 123 cm³/mol. The molecule has 0 fully saturated rings. The van der Waals surface area contributed by atoms with E-state index in [1.54, 1.807) is 6.20 Å². The summed E-state index contributed by atoms with van der Waals surface area (Å²) < 4.78 is 3.83. The monoisotopic (exact) mass is 413 g/mol. The molecular formula is C25H27N5O. The minimum absolute atomic E-state index is 0.184. The summed E-state index contributed by atoms with van der Waals surface area (Å²) in [6, 6.07) is 13.9. The standard InChI is InChI=1S/C25H27N5O/c1-16-11-18(3)22(12-17(16)2)23-14-26-25(29(23)5)28-24(31)21-8-6-7-20(13-21)15-30-19(4)9-10-27-30/h6-14H,15H2,1-5H3,(H,26,28,31). The van der Waals surface area contributed by atoms with Gasteiger partial charge in [-0.2, -0.15) is 5.10 Å². The lowest BCUT2D eigenvalue weighted by molar-refractivity contribution is 0.102. The first-order valence-electron chi connectivity index (χ1n) is 10.3. The molecule has 0 aliphatic rings. The molecule has 4 rings (SSSR count). The minimum Gasteiger partial charge on any atom is -0.313 e. The van der Waals surface area contributed by atoms with Gasteiger partial charge in [-0.3, -0.25) is 14.8 Å². The first-order chi connectivity index (χ1) is 14.8. The van der Waals surface area contributed by atoms with Gasteiger partial charge in [0, 0.05) is 30.1 Å². The highest BCUT2D eigenvalue weighted by molar-refractivity contribution is 6.03. The molecule has 2 aromatic carbocycles. The average molecular weight is 414 g/mol. The second-order valence-corrected chi connectivity index (χ2v) is 8.06. The van der Waals surface area contributed by atoms with Crippen molar-refractivity contribution < 1.29 is 4.79 Å². The quantitative estimate of drug-likeness (QED) is 0.510. The highest BCUT2D eigenvalue weighted by Gasteiger charge is 2.15. The number of rotatable bonds is 5. The minimum atomic E-state index is -0.184. The Morgan fingerprint density at radius 3 is 2.52 bits per heavy atom. The summed E-state index contributed by atoms with van der Waals surface area (Å²) in [6.45, 7) is 8.95. The van der Waals surface area contributed by atoms with Crippen molar-refractivity contribution in [1.29, 1.82) is 0 Å². The molecule has 31 heavy (non-hydrogen) atoms. The van der Waals surface area contributed by atoms with E-state index >= 15 is 0 Å². The maximum absolute atomic E-state index is 12.9. The molecule has 158 valence electrons. The number of carbonyl (C=O) groups is 1. The summed E-state index contributed by atoms with van der Waals surface area (Å²) in [5, 5.41) is 7.27. The molecule has 1 N–H and O–H groups in total. The molecule has 0 bridgehead atoms. The van der Waals surface area contributed by atoms with Crippen molar-refractivity contribution in [2.75, 3.05) is 5.32 Å². The Balaban J connectivity index is 1.56. The number of amides is 1. The summed E-state index contributed by atoms with van der Waals surface area (Å²) in [5.41, 5.74) is 8.47. The second kappa shape index (κ2) is 8.22. The van der Waals surface area contributed by atoms with Crippen molar-refractivity contribution in [3.63, 3.8) is 0 Å². The average Bonchev–Trinajstić information content (AvgIpc) is 3.31. The molecule has 6 nitrogen and oxygen atoms in total.